The average molecular weight is 398 g/mol. The van der Waals surface area contributed by atoms with Gasteiger partial charge in [-0.25, -0.2) is 4.39 Å². The van der Waals surface area contributed by atoms with Crippen molar-refractivity contribution < 1.29 is 45.1 Å². The van der Waals surface area contributed by atoms with Gasteiger partial charge in [-0.1, -0.05) is 24.3 Å². The summed E-state index contributed by atoms with van der Waals surface area (Å²) >= 11 is 0. The van der Waals surface area contributed by atoms with E-state index < -0.39 is 49.0 Å². The Morgan fingerprint density at radius 1 is 0.815 bits per heavy atom. The molecule has 0 unspecified atom stereocenters. The Kier molecular flexibility index (Phi) is 5.67. The molecule has 0 spiro atoms. The fourth-order valence-corrected chi connectivity index (χ4v) is 2.50. The number of allylic oxidation sites excluding steroid dienone is 2. The van der Waals surface area contributed by atoms with Gasteiger partial charge in [0.1, 0.15) is 0 Å². The third-order valence-corrected chi connectivity index (χ3v) is 3.99. The van der Waals surface area contributed by atoms with Gasteiger partial charge >= 0.3 is 12.4 Å². The molecular formula is C17H13F7O3. The molecule has 0 fully saturated rings. The molecule has 1 aliphatic rings. The lowest BCUT2D eigenvalue weighted by atomic mass is 9.94. The van der Waals surface area contributed by atoms with E-state index in [1.165, 1.54) is 18.2 Å². The molecule has 1 aromatic carbocycles. The van der Waals surface area contributed by atoms with Crippen LogP contribution in [0, 0.1) is 0 Å². The maximum Gasteiger partial charge on any atom is 0.431 e. The summed E-state index contributed by atoms with van der Waals surface area (Å²) in [5.41, 5.74) is -5.07. The number of unbranched alkanes of at least 4 members (excludes halogenated alkanes) is 1. The standard InChI is InChI=1S/C17H13F7O3/c18-15(16(19,20)21,17(22,23)24)7-3-4-8-27-13-9-12(25)10-5-1-2-6-11(10)14(13)26/h1-2,5-6,9H,3-4,7-8H2. The zero-order valence-corrected chi connectivity index (χ0v) is 13.6. The van der Waals surface area contributed by atoms with Crippen molar-refractivity contribution in [3.8, 4) is 0 Å². The maximum absolute atomic E-state index is 13.5. The number of carbonyl (C=O) groups is 2. The lowest BCUT2D eigenvalue weighted by Gasteiger charge is -2.29. The summed E-state index contributed by atoms with van der Waals surface area (Å²) in [5.74, 6) is -1.51. The number of rotatable bonds is 6. The smallest absolute Gasteiger partial charge is 0.431 e. The van der Waals surface area contributed by atoms with Crippen LogP contribution in [0.2, 0.25) is 0 Å². The Hall–Kier alpha value is -2.39. The van der Waals surface area contributed by atoms with E-state index in [0.29, 0.717) is 0 Å². The van der Waals surface area contributed by atoms with E-state index in [1.807, 2.05) is 0 Å². The van der Waals surface area contributed by atoms with Crippen LogP contribution in [-0.2, 0) is 4.74 Å². The maximum atomic E-state index is 13.5. The molecule has 148 valence electrons. The lowest BCUT2D eigenvalue weighted by molar-refractivity contribution is -0.343. The van der Waals surface area contributed by atoms with Gasteiger partial charge in [-0.3, -0.25) is 9.59 Å². The second-order valence-electron chi connectivity index (χ2n) is 5.85. The van der Waals surface area contributed by atoms with Crippen molar-refractivity contribution in [3.05, 3.63) is 47.2 Å². The number of hydrogen-bond donors (Lipinski definition) is 0. The molecule has 27 heavy (non-hydrogen) atoms. The summed E-state index contributed by atoms with van der Waals surface area (Å²) in [6.45, 7) is -0.446. The molecule has 0 saturated heterocycles. The lowest BCUT2D eigenvalue weighted by Crippen LogP contribution is -2.53. The van der Waals surface area contributed by atoms with Crippen molar-refractivity contribution in [1.29, 1.82) is 0 Å². The van der Waals surface area contributed by atoms with Gasteiger partial charge in [0.25, 0.3) is 5.67 Å². The topological polar surface area (TPSA) is 43.4 Å². The number of halogens is 7. The fourth-order valence-electron chi connectivity index (χ4n) is 2.50. The largest absolute Gasteiger partial charge is 0.489 e. The molecule has 2 rings (SSSR count). The molecule has 10 heteroatoms. The minimum atomic E-state index is -6.09. The van der Waals surface area contributed by atoms with Gasteiger partial charge < -0.3 is 4.74 Å². The van der Waals surface area contributed by atoms with Gasteiger partial charge in [0.15, 0.2) is 11.5 Å². The fraction of sp³-hybridized carbons (Fsp3) is 0.412. The molecule has 0 atom stereocenters. The van der Waals surface area contributed by atoms with Gasteiger partial charge in [0.2, 0.25) is 5.78 Å². The highest BCUT2D eigenvalue weighted by Gasteiger charge is 2.71. The number of Topliss-reactive ketones (excluding diaryl/α,β-unsaturated/α-hetero) is 1. The molecule has 0 aliphatic heterocycles. The second kappa shape index (κ2) is 7.32. The average Bonchev–Trinajstić information content (AvgIpc) is 2.56. The van der Waals surface area contributed by atoms with Crippen molar-refractivity contribution in [2.24, 2.45) is 0 Å². The number of benzene rings is 1. The molecule has 0 bridgehead atoms. The first-order valence-electron chi connectivity index (χ1n) is 7.73. The van der Waals surface area contributed by atoms with Gasteiger partial charge in [0, 0.05) is 17.2 Å². The number of ether oxygens (including phenoxy) is 1. The zero-order chi connectivity index (χ0) is 20.5. The Balaban J connectivity index is 1.93. The summed E-state index contributed by atoms with van der Waals surface area (Å²) in [4.78, 5) is 24.0. The van der Waals surface area contributed by atoms with Crippen molar-refractivity contribution >= 4 is 11.6 Å². The molecule has 0 radical (unpaired) electrons. The van der Waals surface area contributed by atoms with Crippen LogP contribution >= 0.6 is 0 Å². The first-order chi connectivity index (χ1) is 12.4. The first kappa shape index (κ1) is 20.9. The van der Waals surface area contributed by atoms with E-state index in [1.54, 1.807) is 6.07 Å². The Morgan fingerprint density at radius 3 is 1.93 bits per heavy atom. The minimum absolute atomic E-state index is 0.0805. The predicted molar refractivity (Wildman–Crippen MR) is 78.9 cm³/mol. The summed E-state index contributed by atoms with van der Waals surface area (Å²) < 4.78 is 93.0. The van der Waals surface area contributed by atoms with Crippen LogP contribution in [0.3, 0.4) is 0 Å². The number of hydrogen-bond acceptors (Lipinski definition) is 3. The summed E-state index contributed by atoms with van der Waals surface area (Å²) in [7, 11) is 0. The van der Waals surface area contributed by atoms with Crippen LogP contribution in [-0.4, -0.2) is 36.2 Å². The van der Waals surface area contributed by atoms with Crippen LogP contribution in [0.4, 0.5) is 30.7 Å². The normalized spacial score (nSPS) is 15.4. The SMILES string of the molecule is O=C1C=C(OCCCCC(F)(C(F)(F)F)C(F)(F)F)C(=O)c2ccccc21. The number of carbonyl (C=O) groups excluding carboxylic acids is 2. The molecule has 1 aromatic rings. The Bertz CT molecular complexity index is 749. The van der Waals surface area contributed by atoms with Crippen LogP contribution in [0.5, 0.6) is 0 Å². The first-order valence-corrected chi connectivity index (χ1v) is 7.73. The highest BCUT2D eigenvalue weighted by Crippen LogP contribution is 2.49. The molecule has 0 aromatic heterocycles. The van der Waals surface area contributed by atoms with E-state index in [0.717, 1.165) is 6.08 Å². The molecule has 0 heterocycles. The van der Waals surface area contributed by atoms with E-state index in [-0.39, 0.29) is 23.3 Å². The predicted octanol–water partition coefficient (Wildman–Crippen LogP) is 4.97. The third kappa shape index (κ3) is 4.14. The molecule has 1 aliphatic carbocycles. The quantitative estimate of drug-likeness (QED) is 0.502. The van der Waals surface area contributed by atoms with E-state index in [2.05, 4.69) is 0 Å². The second-order valence-corrected chi connectivity index (χ2v) is 5.85. The molecular weight excluding hydrogens is 385 g/mol. The number of fused-ring (bicyclic) bond motifs is 1. The van der Waals surface area contributed by atoms with Crippen molar-refractivity contribution in [2.75, 3.05) is 6.61 Å². The number of alkyl halides is 7. The van der Waals surface area contributed by atoms with Crippen molar-refractivity contribution in [2.45, 2.75) is 37.3 Å². The highest BCUT2D eigenvalue weighted by atomic mass is 19.4. The van der Waals surface area contributed by atoms with Gasteiger partial charge in [-0.2, -0.15) is 26.3 Å². The summed E-state index contributed by atoms with van der Waals surface area (Å²) in [6, 6.07) is 5.88. The zero-order valence-electron chi connectivity index (χ0n) is 13.6. The monoisotopic (exact) mass is 398 g/mol. The van der Waals surface area contributed by atoms with E-state index in [9.17, 15) is 40.3 Å². The van der Waals surface area contributed by atoms with Crippen LogP contribution in [0.1, 0.15) is 40.0 Å². The van der Waals surface area contributed by atoms with Crippen LogP contribution in [0.15, 0.2) is 36.1 Å². The van der Waals surface area contributed by atoms with Crippen molar-refractivity contribution in [1.82, 2.24) is 0 Å². The van der Waals surface area contributed by atoms with E-state index in [4.69, 9.17) is 4.74 Å². The summed E-state index contributed by atoms with van der Waals surface area (Å²) in [6.07, 6.45) is -14.3. The molecule has 0 amide bonds. The Morgan fingerprint density at radius 2 is 1.37 bits per heavy atom. The minimum Gasteiger partial charge on any atom is -0.489 e. The summed E-state index contributed by atoms with van der Waals surface area (Å²) in [5, 5.41) is 0. The number of ketones is 2. The Labute approximate surface area is 148 Å². The molecule has 0 saturated carbocycles. The van der Waals surface area contributed by atoms with E-state index >= 15 is 0 Å². The van der Waals surface area contributed by atoms with Gasteiger partial charge in [-0.15, -0.1) is 0 Å². The third-order valence-electron chi connectivity index (χ3n) is 3.99. The van der Waals surface area contributed by atoms with Gasteiger partial charge in [-0.05, 0) is 19.3 Å². The van der Waals surface area contributed by atoms with Crippen molar-refractivity contribution in [3.63, 3.8) is 0 Å². The highest BCUT2D eigenvalue weighted by molar-refractivity contribution is 6.23. The van der Waals surface area contributed by atoms with Crippen LogP contribution < -0.4 is 0 Å². The van der Waals surface area contributed by atoms with Crippen LogP contribution in [0.25, 0.3) is 0 Å². The molecule has 0 N–H and O–H groups in total. The van der Waals surface area contributed by atoms with Gasteiger partial charge in [0.05, 0.1) is 6.61 Å². The molecule has 3 nitrogen and oxygen atoms in total.